The summed E-state index contributed by atoms with van der Waals surface area (Å²) in [7, 11) is 0. The van der Waals surface area contributed by atoms with Gasteiger partial charge in [0.15, 0.2) is 3.83 Å². The lowest BCUT2D eigenvalue weighted by Crippen LogP contribution is -2.24. The Morgan fingerprint density at radius 3 is 3.29 bits per heavy atom. The van der Waals surface area contributed by atoms with Gasteiger partial charge in [-0.2, -0.15) is 0 Å². The Morgan fingerprint density at radius 2 is 2.43 bits per heavy atom. The highest BCUT2D eigenvalue weighted by Gasteiger charge is 2.21. The first-order valence-electron chi connectivity index (χ1n) is 4.57. The molecule has 72 valence electrons. The van der Waals surface area contributed by atoms with Crippen LogP contribution in [-0.2, 0) is 6.54 Å². The molecule has 2 aromatic rings. The fourth-order valence-electron chi connectivity index (χ4n) is 1.90. The molecule has 0 radical (unpaired) electrons. The van der Waals surface area contributed by atoms with Crippen molar-refractivity contribution in [2.75, 3.05) is 0 Å². The second-order valence-electron chi connectivity index (χ2n) is 3.54. The van der Waals surface area contributed by atoms with Gasteiger partial charge in [-0.15, -0.1) is 0 Å². The summed E-state index contributed by atoms with van der Waals surface area (Å²) in [6, 6.07) is 6.02. The number of benzene rings is 1. The summed E-state index contributed by atoms with van der Waals surface area (Å²) in [4.78, 5) is 4.49. The van der Waals surface area contributed by atoms with Crippen LogP contribution in [0.2, 0.25) is 0 Å². The highest BCUT2D eigenvalue weighted by atomic mass is 127. The maximum atomic E-state index is 5.75. The van der Waals surface area contributed by atoms with E-state index in [2.05, 4.69) is 39.1 Å². The Labute approximate surface area is 95.2 Å². The summed E-state index contributed by atoms with van der Waals surface area (Å²) in [6.07, 6.45) is 0.232. The average molecular weight is 300 g/mol. The number of hydrogen-bond donors (Lipinski definition) is 0. The number of aromatic nitrogens is 2. The molecule has 1 atom stereocenters. The molecule has 3 rings (SSSR count). The van der Waals surface area contributed by atoms with E-state index in [0.29, 0.717) is 0 Å². The Morgan fingerprint density at radius 1 is 1.57 bits per heavy atom. The highest BCUT2D eigenvalue weighted by molar-refractivity contribution is 14.1. The van der Waals surface area contributed by atoms with Gasteiger partial charge in [0.1, 0.15) is 17.4 Å². The standard InChI is InChI=1S/C10H9IN2O/c1-6-5-13-9-7(12-10(13)11)3-2-4-8(9)14-6/h2-4,6H,5H2,1H3. The smallest absolute Gasteiger partial charge is 0.172 e. The summed E-state index contributed by atoms with van der Waals surface area (Å²) in [5.74, 6) is 0.955. The lowest BCUT2D eigenvalue weighted by molar-refractivity contribution is 0.188. The molecule has 1 aliphatic rings. The number of imidazole rings is 1. The van der Waals surface area contributed by atoms with Crippen molar-refractivity contribution in [1.82, 2.24) is 9.55 Å². The highest BCUT2D eigenvalue weighted by Crippen LogP contribution is 2.31. The van der Waals surface area contributed by atoms with Crippen LogP contribution in [0.4, 0.5) is 0 Å². The van der Waals surface area contributed by atoms with Gasteiger partial charge in [-0.3, -0.25) is 0 Å². The molecule has 0 fully saturated rings. The minimum atomic E-state index is 0.232. The van der Waals surface area contributed by atoms with Crippen molar-refractivity contribution in [3.05, 3.63) is 22.0 Å². The molecule has 4 heteroatoms. The first kappa shape index (κ1) is 8.52. The molecule has 0 amide bonds. The molecule has 0 saturated heterocycles. The molecule has 1 unspecified atom stereocenters. The monoisotopic (exact) mass is 300 g/mol. The number of para-hydroxylation sites is 1. The van der Waals surface area contributed by atoms with Crippen molar-refractivity contribution in [2.45, 2.75) is 19.6 Å². The minimum absolute atomic E-state index is 0.232. The molecule has 3 nitrogen and oxygen atoms in total. The van der Waals surface area contributed by atoms with Crippen molar-refractivity contribution < 1.29 is 4.74 Å². The summed E-state index contributed by atoms with van der Waals surface area (Å²) < 4.78 is 9.02. The zero-order chi connectivity index (χ0) is 9.71. The van der Waals surface area contributed by atoms with Crippen LogP contribution in [-0.4, -0.2) is 15.7 Å². The zero-order valence-electron chi connectivity index (χ0n) is 7.70. The SMILES string of the molecule is CC1Cn2c(I)nc3cccc(c32)O1. The van der Waals surface area contributed by atoms with Crippen molar-refractivity contribution in [3.8, 4) is 5.75 Å². The van der Waals surface area contributed by atoms with Crippen molar-refractivity contribution >= 4 is 33.6 Å². The molecule has 0 spiro atoms. The van der Waals surface area contributed by atoms with Crippen LogP contribution < -0.4 is 4.74 Å². The molecule has 1 aromatic carbocycles. The van der Waals surface area contributed by atoms with Crippen LogP contribution >= 0.6 is 22.6 Å². The van der Waals surface area contributed by atoms with Crippen LogP contribution in [0.1, 0.15) is 6.92 Å². The molecule has 0 N–H and O–H groups in total. The number of nitrogens with zero attached hydrogens (tertiary/aromatic N) is 2. The molecule has 1 aliphatic heterocycles. The third-order valence-corrected chi connectivity index (χ3v) is 3.27. The Hall–Kier alpha value is -0.780. The van der Waals surface area contributed by atoms with Gasteiger partial charge in [0.05, 0.1) is 12.1 Å². The number of halogens is 1. The lowest BCUT2D eigenvalue weighted by Gasteiger charge is -2.22. The number of rotatable bonds is 0. The summed E-state index contributed by atoms with van der Waals surface area (Å²) in [5, 5.41) is 0. The van der Waals surface area contributed by atoms with Gasteiger partial charge >= 0.3 is 0 Å². The topological polar surface area (TPSA) is 27.1 Å². The van der Waals surface area contributed by atoms with Crippen molar-refractivity contribution in [1.29, 1.82) is 0 Å². The van der Waals surface area contributed by atoms with Gasteiger partial charge in [-0.1, -0.05) is 6.07 Å². The van der Waals surface area contributed by atoms with Crippen LogP contribution in [0.15, 0.2) is 18.2 Å². The van der Waals surface area contributed by atoms with E-state index < -0.39 is 0 Å². The third kappa shape index (κ3) is 1.06. The van der Waals surface area contributed by atoms with E-state index in [1.807, 2.05) is 18.2 Å². The van der Waals surface area contributed by atoms with Gasteiger partial charge in [-0.25, -0.2) is 4.98 Å². The maximum Gasteiger partial charge on any atom is 0.172 e. The van der Waals surface area contributed by atoms with E-state index in [1.54, 1.807) is 0 Å². The van der Waals surface area contributed by atoms with Gasteiger partial charge in [-0.05, 0) is 41.6 Å². The fourth-order valence-corrected chi connectivity index (χ4v) is 2.60. The molecule has 0 bridgehead atoms. The van der Waals surface area contributed by atoms with E-state index in [-0.39, 0.29) is 6.10 Å². The summed E-state index contributed by atoms with van der Waals surface area (Å²) in [5.41, 5.74) is 2.16. The minimum Gasteiger partial charge on any atom is -0.487 e. The van der Waals surface area contributed by atoms with Gasteiger partial charge in [0.25, 0.3) is 0 Å². The molecular weight excluding hydrogens is 291 g/mol. The van der Waals surface area contributed by atoms with E-state index in [1.165, 1.54) is 0 Å². The Kier molecular flexibility index (Phi) is 1.74. The molecular formula is C10H9IN2O. The molecule has 2 heterocycles. The Balaban J connectivity index is 2.41. The van der Waals surface area contributed by atoms with E-state index in [0.717, 1.165) is 27.2 Å². The largest absolute Gasteiger partial charge is 0.487 e. The lowest BCUT2D eigenvalue weighted by atomic mass is 10.2. The average Bonchev–Trinajstić information content (AvgIpc) is 2.45. The van der Waals surface area contributed by atoms with Gasteiger partial charge in [0.2, 0.25) is 0 Å². The number of ether oxygens (including phenoxy) is 1. The number of hydrogen-bond acceptors (Lipinski definition) is 2. The second-order valence-corrected chi connectivity index (χ2v) is 4.51. The van der Waals surface area contributed by atoms with Crippen LogP contribution in [0.3, 0.4) is 0 Å². The predicted octanol–water partition coefficient (Wildman–Crippen LogP) is 2.42. The van der Waals surface area contributed by atoms with Gasteiger partial charge < -0.3 is 9.30 Å². The van der Waals surface area contributed by atoms with Crippen LogP contribution in [0.25, 0.3) is 11.0 Å². The van der Waals surface area contributed by atoms with Crippen LogP contribution in [0.5, 0.6) is 5.75 Å². The van der Waals surface area contributed by atoms with Crippen molar-refractivity contribution in [2.24, 2.45) is 0 Å². The fraction of sp³-hybridized carbons (Fsp3) is 0.300. The first-order valence-corrected chi connectivity index (χ1v) is 5.65. The first-order chi connectivity index (χ1) is 6.75. The molecule has 1 aromatic heterocycles. The molecule has 0 saturated carbocycles. The molecule has 14 heavy (non-hydrogen) atoms. The van der Waals surface area contributed by atoms with Gasteiger partial charge in [0, 0.05) is 0 Å². The van der Waals surface area contributed by atoms with E-state index >= 15 is 0 Å². The van der Waals surface area contributed by atoms with Crippen molar-refractivity contribution in [3.63, 3.8) is 0 Å². The zero-order valence-corrected chi connectivity index (χ0v) is 9.85. The quantitative estimate of drug-likeness (QED) is 0.699. The van der Waals surface area contributed by atoms with Crippen LogP contribution in [0, 0.1) is 3.83 Å². The predicted molar refractivity (Wildman–Crippen MR) is 62.5 cm³/mol. The Bertz CT molecular complexity index is 506. The van der Waals surface area contributed by atoms with E-state index in [9.17, 15) is 0 Å². The summed E-state index contributed by atoms with van der Waals surface area (Å²) in [6.45, 7) is 2.98. The second kappa shape index (κ2) is 2.85. The molecule has 0 aliphatic carbocycles. The van der Waals surface area contributed by atoms with E-state index in [4.69, 9.17) is 4.74 Å². The summed E-state index contributed by atoms with van der Waals surface area (Å²) >= 11 is 2.27. The third-order valence-electron chi connectivity index (χ3n) is 2.45. The maximum absolute atomic E-state index is 5.75. The normalized spacial score (nSPS) is 19.7.